The predicted octanol–water partition coefficient (Wildman–Crippen LogP) is 2.29. The van der Waals surface area contributed by atoms with E-state index in [1.165, 1.54) is 14.0 Å². The Morgan fingerprint density at radius 3 is 2.62 bits per heavy atom. The number of methoxy groups -OCH3 is 1. The first kappa shape index (κ1) is 9.71. The van der Waals surface area contributed by atoms with Gasteiger partial charge in [-0.1, -0.05) is 18.2 Å². The number of carbonyl (C=O) groups excluding carboxylic acids is 1. The van der Waals surface area contributed by atoms with E-state index >= 15 is 0 Å². The fraction of sp³-hybridized carbons (Fsp3) is 0.300. The van der Waals surface area contributed by atoms with E-state index in [9.17, 15) is 9.18 Å². The largest absolute Gasteiger partial charge is 0.496 e. The van der Waals surface area contributed by atoms with Gasteiger partial charge in [0, 0.05) is 5.56 Å². The second-order valence-corrected chi connectivity index (χ2v) is 2.72. The molecule has 0 fully saturated rings. The van der Waals surface area contributed by atoms with Crippen LogP contribution in [0.4, 0.5) is 4.39 Å². The van der Waals surface area contributed by atoms with Gasteiger partial charge in [-0.05, 0) is 13.0 Å². The molecule has 0 saturated carbocycles. The summed E-state index contributed by atoms with van der Waals surface area (Å²) in [4.78, 5) is 10.8. The lowest BCUT2D eigenvalue weighted by Gasteiger charge is -2.09. The lowest BCUT2D eigenvalue weighted by Crippen LogP contribution is -2.04. The smallest absolute Gasteiger partial charge is 0.186 e. The van der Waals surface area contributed by atoms with Crippen molar-refractivity contribution in [3.05, 3.63) is 29.8 Å². The van der Waals surface area contributed by atoms with E-state index in [-0.39, 0.29) is 5.56 Å². The minimum absolute atomic E-state index is 0.289. The third kappa shape index (κ3) is 2.05. The Bertz CT molecular complexity index is 310. The number of hydrogen-bond donors (Lipinski definition) is 0. The first-order chi connectivity index (χ1) is 6.16. The normalized spacial score (nSPS) is 12.2. The van der Waals surface area contributed by atoms with Crippen molar-refractivity contribution >= 4 is 5.78 Å². The van der Waals surface area contributed by atoms with E-state index in [2.05, 4.69) is 0 Å². The van der Waals surface area contributed by atoms with Crippen molar-refractivity contribution in [3.8, 4) is 5.75 Å². The van der Waals surface area contributed by atoms with Gasteiger partial charge in [-0.25, -0.2) is 4.39 Å². The molecule has 1 aromatic rings. The molecule has 2 nitrogen and oxygen atoms in total. The summed E-state index contributed by atoms with van der Waals surface area (Å²) in [6.45, 7) is 1.22. The maximum absolute atomic E-state index is 13.3. The maximum atomic E-state index is 13.3. The van der Waals surface area contributed by atoms with E-state index in [0.717, 1.165) is 0 Å². The van der Waals surface area contributed by atoms with Gasteiger partial charge in [-0.2, -0.15) is 0 Å². The van der Waals surface area contributed by atoms with Crippen molar-refractivity contribution in [3.63, 3.8) is 0 Å². The van der Waals surface area contributed by atoms with Crippen LogP contribution in [0.1, 0.15) is 18.7 Å². The number of para-hydroxylation sites is 1. The second-order valence-electron chi connectivity index (χ2n) is 2.72. The topological polar surface area (TPSA) is 26.3 Å². The fourth-order valence-electron chi connectivity index (χ4n) is 1.09. The lowest BCUT2D eigenvalue weighted by molar-refractivity contribution is -0.121. The molecule has 13 heavy (non-hydrogen) atoms. The van der Waals surface area contributed by atoms with Gasteiger partial charge in [-0.15, -0.1) is 0 Å². The van der Waals surface area contributed by atoms with Crippen LogP contribution in [-0.2, 0) is 4.79 Å². The molecule has 0 heterocycles. The molecule has 0 bridgehead atoms. The van der Waals surface area contributed by atoms with Crippen LogP contribution in [0.25, 0.3) is 0 Å². The minimum Gasteiger partial charge on any atom is -0.496 e. The number of halogens is 1. The SMILES string of the molecule is COc1ccccc1C(F)C(C)=O. The van der Waals surface area contributed by atoms with Gasteiger partial charge in [0.25, 0.3) is 0 Å². The predicted molar refractivity (Wildman–Crippen MR) is 47.5 cm³/mol. The van der Waals surface area contributed by atoms with Crippen molar-refractivity contribution in [2.45, 2.75) is 13.1 Å². The molecule has 0 aliphatic carbocycles. The minimum atomic E-state index is -1.59. The third-order valence-electron chi connectivity index (χ3n) is 1.77. The molecule has 0 aliphatic rings. The molecule has 0 N–H and O–H groups in total. The molecule has 1 unspecified atom stereocenters. The molecule has 70 valence electrons. The molecule has 0 radical (unpaired) electrons. The summed E-state index contributed by atoms with van der Waals surface area (Å²) < 4.78 is 18.2. The summed E-state index contributed by atoms with van der Waals surface area (Å²) in [7, 11) is 1.45. The zero-order chi connectivity index (χ0) is 9.84. The Morgan fingerprint density at radius 1 is 1.46 bits per heavy atom. The van der Waals surface area contributed by atoms with E-state index in [0.29, 0.717) is 5.75 Å². The van der Waals surface area contributed by atoms with Gasteiger partial charge >= 0.3 is 0 Å². The zero-order valence-corrected chi connectivity index (χ0v) is 7.58. The highest BCUT2D eigenvalue weighted by Gasteiger charge is 2.18. The summed E-state index contributed by atoms with van der Waals surface area (Å²) in [5.74, 6) is -0.102. The Hall–Kier alpha value is -1.38. The van der Waals surface area contributed by atoms with Crippen LogP contribution < -0.4 is 4.74 Å². The summed E-state index contributed by atoms with van der Waals surface area (Å²) in [6, 6.07) is 6.58. The number of alkyl halides is 1. The highest BCUT2D eigenvalue weighted by molar-refractivity contribution is 5.82. The number of carbonyl (C=O) groups is 1. The van der Waals surface area contributed by atoms with Crippen LogP contribution in [0.2, 0.25) is 0 Å². The Labute approximate surface area is 76.3 Å². The van der Waals surface area contributed by atoms with E-state index in [1.807, 2.05) is 0 Å². The van der Waals surface area contributed by atoms with E-state index in [4.69, 9.17) is 4.74 Å². The maximum Gasteiger partial charge on any atom is 0.186 e. The van der Waals surface area contributed by atoms with Crippen molar-refractivity contribution in [1.82, 2.24) is 0 Å². The van der Waals surface area contributed by atoms with E-state index < -0.39 is 12.0 Å². The van der Waals surface area contributed by atoms with Gasteiger partial charge in [-0.3, -0.25) is 4.79 Å². The quantitative estimate of drug-likeness (QED) is 0.716. The molecule has 1 aromatic carbocycles. The highest BCUT2D eigenvalue weighted by Crippen LogP contribution is 2.27. The summed E-state index contributed by atoms with van der Waals surface area (Å²) in [6.07, 6.45) is -1.59. The third-order valence-corrected chi connectivity index (χ3v) is 1.77. The standard InChI is InChI=1S/C10H11FO2/c1-7(12)10(11)8-5-3-4-6-9(8)13-2/h3-6,10H,1-2H3. The van der Waals surface area contributed by atoms with Gasteiger partial charge in [0.1, 0.15) is 5.75 Å². The molecule has 0 saturated heterocycles. The van der Waals surface area contributed by atoms with Gasteiger partial charge in [0.2, 0.25) is 0 Å². The molecule has 0 aliphatic heterocycles. The van der Waals surface area contributed by atoms with Crippen LogP contribution >= 0.6 is 0 Å². The zero-order valence-electron chi connectivity index (χ0n) is 7.58. The first-order valence-corrected chi connectivity index (χ1v) is 3.94. The van der Waals surface area contributed by atoms with Gasteiger partial charge in [0.15, 0.2) is 12.0 Å². The molecule has 0 spiro atoms. The summed E-state index contributed by atoms with van der Waals surface area (Å²) in [5, 5.41) is 0. The first-order valence-electron chi connectivity index (χ1n) is 3.94. The lowest BCUT2D eigenvalue weighted by atomic mass is 10.1. The molecule has 3 heteroatoms. The van der Waals surface area contributed by atoms with Gasteiger partial charge in [0.05, 0.1) is 7.11 Å². The number of ether oxygens (including phenoxy) is 1. The van der Waals surface area contributed by atoms with Crippen LogP contribution in [0.15, 0.2) is 24.3 Å². The average molecular weight is 182 g/mol. The highest BCUT2D eigenvalue weighted by atomic mass is 19.1. The Morgan fingerprint density at radius 2 is 2.08 bits per heavy atom. The molecule has 1 atom stereocenters. The Balaban J connectivity index is 3.05. The number of Topliss-reactive ketones (excluding diaryl/α,β-unsaturated/α-hetero) is 1. The molecular formula is C10H11FO2. The fourth-order valence-corrected chi connectivity index (χ4v) is 1.09. The van der Waals surface area contributed by atoms with Crippen molar-refractivity contribution < 1.29 is 13.9 Å². The molecule has 1 rings (SSSR count). The van der Waals surface area contributed by atoms with Crippen molar-refractivity contribution in [2.75, 3.05) is 7.11 Å². The number of hydrogen-bond acceptors (Lipinski definition) is 2. The monoisotopic (exact) mass is 182 g/mol. The van der Waals surface area contributed by atoms with E-state index in [1.54, 1.807) is 24.3 Å². The van der Waals surface area contributed by atoms with Crippen LogP contribution in [-0.4, -0.2) is 12.9 Å². The Kier molecular flexibility index (Phi) is 3.01. The molecule has 0 aromatic heterocycles. The number of ketones is 1. The van der Waals surface area contributed by atoms with Crippen LogP contribution in [0.5, 0.6) is 5.75 Å². The second kappa shape index (κ2) is 4.03. The van der Waals surface area contributed by atoms with Crippen LogP contribution in [0.3, 0.4) is 0 Å². The molecule has 0 amide bonds. The summed E-state index contributed by atoms with van der Waals surface area (Å²) >= 11 is 0. The summed E-state index contributed by atoms with van der Waals surface area (Å²) in [5.41, 5.74) is 0.289. The number of benzene rings is 1. The van der Waals surface area contributed by atoms with Crippen LogP contribution in [0, 0.1) is 0 Å². The van der Waals surface area contributed by atoms with Crippen molar-refractivity contribution in [2.24, 2.45) is 0 Å². The molecular weight excluding hydrogens is 171 g/mol. The van der Waals surface area contributed by atoms with Crippen molar-refractivity contribution in [1.29, 1.82) is 0 Å². The number of rotatable bonds is 3. The van der Waals surface area contributed by atoms with Gasteiger partial charge < -0.3 is 4.74 Å². The average Bonchev–Trinajstić information content (AvgIpc) is 2.16.